The van der Waals surface area contributed by atoms with E-state index in [1.54, 1.807) is 30.1 Å². The first kappa shape index (κ1) is 20.4. The molecule has 5 nitrogen and oxygen atoms in total. The minimum absolute atomic E-state index is 0.0754. The van der Waals surface area contributed by atoms with Gasteiger partial charge in [0.25, 0.3) is 5.91 Å². The number of carbonyl (C=O) groups is 2. The number of rotatable bonds is 6. The Labute approximate surface area is 170 Å². The van der Waals surface area contributed by atoms with Gasteiger partial charge in [-0.3, -0.25) is 9.59 Å². The van der Waals surface area contributed by atoms with Crippen LogP contribution in [-0.2, 0) is 4.79 Å². The second kappa shape index (κ2) is 9.24. The number of hydrogen-bond acceptors (Lipinski definition) is 4. The first-order valence-corrected chi connectivity index (χ1v) is 10.6. The summed E-state index contributed by atoms with van der Waals surface area (Å²) in [6.45, 7) is 5.89. The molecule has 6 heteroatoms. The van der Waals surface area contributed by atoms with Gasteiger partial charge in [-0.15, -0.1) is 11.8 Å². The molecule has 0 saturated heterocycles. The van der Waals surface area contributed by atoms with E-state index in [2.05, 4.69) is 15.6 Å². The maximum absolute atomic E-state index is 12.6. The summed E-state index contributed by atoms with van der Waals surface area (Å²) in [5.41, 5.74) is 4.53. The molecule has 1 fully saturated rings. The molecule has 1 aliphatic rings. The van der Waals surface area contributed by atoms with Crippen molar-refractivity contribution in [2.24, 2.45) is 0 Å². The van der Waals surface area contributed by atoms with Gasteiger partial charge in [0.1, 0.15) is 5.03 Å². The number of aryl methyl sites for hydroxylation is 3. The summed E-state index contributed by atoms with van der Waals surface area (Å²) >= 11 is 1.68. The predicted octanol–water partition coefficient (Wildman–Crippen LogP) is 4.41. The standard InChI is InChI=1S/C22H27N3O2S/c1-14-11-15(2)20(16(3)12-14)25-19(26)13-24-21(27)18-9-6-10-23-22(18)28-17-7-4-5-8-17/h6,9-12,17H,4-5,7-8,13H2,1-3H3,(H,24,27)(H,25,26). The minimum atomic E-state index is -0.263. The number of amides is 2. The van der Waals surface area contributed by atoms with E-state index in [1.807, 2.05) is 32.9 Å². The second-order valence-corrected chi connectivity index (χ2v) is 8.67. The van der Waals surface area contributed by atoms with Crippen molar-refractivity contribution in [1.82, 2.24) is 10.3 Å². The molecule has 1 aromatic carbocycles. The molecule has 0 unspecified atom stereocenters. The zero-order valence-corrected chi connectivity index (χ0v) is 17.5. The molecule has 0 bridgehead atoms. The van der Waals surface area contributed by atoms with E-state index in [-0.39, 0.29) is 18.4 Å². The number of nitrogens with one attached hydrogen (secondary N) is 2. The molecule has 1 saturated carbocycles. The van der Waals surface area contributed by atoms with Crippen molar-refractivity contribution in [3.05, 3.63) is 52.7 Å². The Morgan fingerprint density at radius 1 is 1.14 bits per heavy atom. The summed E-state index contributed by atoms with van der Waals surface area (Å²) in [5.74, 6) is -0.501. The van der Waals surface area contributed by atoms with Crippen LogP contribution in [0.4, 0.5) is 5.69 Å². The van der Waals surface area contributed by atoms with Crippen LogP contribution in [0.15, 0.2) is 35.5 Å². The molecule has 2 N–H and O–H groups in total. The number of anilines is 1. The lowest BCUT2D eigenvalue weighted by Gasteiger charge is -2.14. The van der Waals surface area contributed by atoms with Crippen LogP contribution in [0.5, 0.6) is 0 Å². The molecule has 2 amide bonds. The molecule has 0 radical (unpaired) electrons. The summed E-state index contributed by atoms with van der Waals surface area (Å²) in [5, 5.41) is 6.91. The zero-order valence-electron chi connectivity index (χ0n) is 16.7. The van der Waals surface area contributed by atoms with E-state index in [4.69, 9.17) is 0 Å². The first-order chi connectivity index (χ1) is 13.4. The van der Waals surface area contributed by atoms with E-state index >= 15 is 0 Å². The van der Waals surface area contributed by atoms with Crippen molar-refractivity contribution >= 4 is 29.3 Å². The highest BCUT2D eigenvalue weighted by atomic mass is 32.2. The van der Waals surface area contributed by atoms with Crippen molar-refractivity contribution in [3.8, 4) is 0 Å². The van der Waals surface area contributed by atoms with Gasteiger partial charge in [-0.25, -0.2) is 4.98 Å². The highest BCUT2D eigenvalue weighted by Gasteiger charge is 2.21. The fourth-order valence-electron chi connectivity index (χ4n) is 3.64. The Morgan fingerprint density at radius 2 is 1.82 bits per heavy atom. The van der Waals surface area contributed by atoms with Gasteiger partial charge in [0.2, 0.25) is 5.91 Å². The molecule has 28 heavy (non-hydrogen) atoms. The predicted molar refractivity (Wildman–Crippen MR) is 114 cm³/mol. The zero-order chi connectivity index (χ0) is 20.1. The van der Waals surface area contributed by atoms with Gasteiger partial charge in [-0.1, -0.05) is 30.5 Å². The molecule has 3 rings (SSSR count). The number of carbonyl (C=O) groups excluding carboxylic acids is 2. The summed E-state index contributed by atoms with van der Waals surface area (Å²) in [7, 11) is 0. The van der Waals surface area contributed by atoms with Crippen LogP contribution in [0.25, 0.3) is 0 Å². The molecular formula is C22H27N3O2S. The first-order valence-electron chi connectivity index (χ1n) is 9.71. The molecule has 148 valence electrons. The normalized spacial score (nSPS) is 14.1. The Balaban J connectivity index is 1.60. The Morgan fingerprint density at radius 3 is 2.50 bits per heavy atom. The number of thioether (sulfide) groups is 1. The van der Waals surface area contributed by atoms with E-state index in [1.165, 1.54) is 25.7 Å². The second-order valence-electron chi connectivity index (χ2n) is 7.39. The van der Waals surface area contributed by atoms with Crippen molar-refractivity contribution in [1.29, 1.82) is 0 Å². The van der Waals surface area contributed by atoms with Gasteiger partial charge in [-0.05, 0) is 56.9 Å². The minimum Gasteiger partial charge on any atom is -0.343 e. The Hall–Kier alpha value is -2.34. The van der Waals surface area contributed by atoms with E-state index < -0.39 is 0 Å². The number of pyridine rings is 1. The lowest BCUT2D eigenvalue weighted by atomic mass is 10.1. The number of hydrogen-bond donors (Lipinski definition) is 2. The topological polar surface area (TPSA) is 71.1 Å². The SMILES string of the molecule is Cc1cc(C)c(NC(=O)CNC(=O)c2cccnc2SC2CCCC2)c(C)c1. The van der Waals surface area contributed by atoms with Gasteiger partial charge < -0.3 is 10.6 Å². The molecule has 0 aliphatic heterocycles. The molecule has 0 spiro atoms. The van der Waals surface area contributed by atoms with Crippen LogP contribution in [-0.4, -0.2) is 28.6 Å². The van der Waals surface area contributed by atoms with Gasteiger partial charge in [0.05, 0.1) is 12.1 Å². The summed E-state index contributed by atoms with van der Waals surface area (Å²) in [4.78, 5) is 29.4. The lowest BCUT2D eigenvalue weighted by molar-refractivity contribution is -0.115. The van der Waals surface area contributed by atoms with E-state index in [0.717, 1.165) is 27.4 Å². The summed E-state index contributed by atoms with van der Waals surface area (Å²) in [6.07, 6.45) is 6.53. The third-order valence-corrected chi connectivity index (χ3v) is 6.30. The van der Waals surface area contributed by atoms with Gasteiger partial charge in [-0.2, -0.15) is 0 Å². The summed E-state index contributed by atoms with van der Waals surface area (Å²) in [6, 6.07) is 7.59. The third-order valence-electron chi connectivity index (χ3n) is 4.95. The van der Waals surface area contributed by atoms with Gasteiger partial charge in [0, 0.05) is 17.1 Å². The average molecular weight is 398 g/mol. The van der Waals surface area contributed by atoms with Crippen LogP contribution in [0.1, 0.15) is 52.7 Å². The molecule has 1 heterocycles. The maximum atomic E-state index is 12.6. The monoisotopic (exact) mass is 397 g/mol. The summed E-state index contributed by atoms with van der Waals surface area (Å²) < 4.78 is 0. The molecule has 1 aromatic heterocycles. The van der Waals surface area contributed by atoms with Crippen LogP contribution in [0.3, 0.4) is 0 Å². The number of nitrogens with zero attached hydrogens (tertiary/aromatic N) is 1. The van der Waals surface area contributed by atoms with Crippen LogP contribution < -0.4 is 10.6 Å². The Bertz CT molecular complexity index is 853. The maximum Gasteiger partial charge on any atom is 0.254 e. The van der Waals surface area contributed by atoms with Crippen molar-refractivity contribution in [2.75, 3.05) is 11.9 Å². The van der Waals surface area contributed by atoms with E-state index in [9.17, 15) is 9.59 Å². The van der Waals surface area contributed by atoms with Crippen molar-refractivity contribution < 1.29 is 9.59 Å². The third kappa shape index (κ3) is 5.13. The molecule has 1 aliphatic carbocycles. The molecule has 2 aromatic rings. The quantitative estimate of drug-likeness (QED) is 0.757. The van der Waals surface area contributed by atoms with Crippen LogP contribution >= 0.6 is 11.8 Å². The highest BCUT2D eigenvalue weighted by molar-refractivity contribution is 7.99. The fraction of sp³-hybridized carbons (Fsp3) is 0.409. The average Bonchev–Trinajstić information content (AvgIpc) is 3.16. The van der Waals surface area contributed by atoms with Gasteiger partial charge in [0.15, 0.2) is 0 Å². The molecule has 0 atom stereocenters. The van der Waals surface area contributed by atoms with Crippen LogP contribution in [0.2, 0.25) is 0 Å². The van der Waals surface area contributed by atoms with Gasteiger partial charge >= 0.3 is 0 Å². The van der Waals surface area contributed by atoms with Crippen LogP contribution in [0, 0.1) is 20.8 Å². The number of aromatic nitrogens is 1. The van der Waals surface area contributed by atoms with Crippen molar-refractivity contribution in [3.63, 3.8) is 0 Å². The largest absolute Gasteiger partial charge is 0.343 e. The fourth-order valence-corrected chi connectivity index (χ4v) is 4.93. The Kier molecular flexibility index (Phi) is 6.73. The highest BCUT2D eigenvalue weighted by Crippen LogP contribution is 2.35. The van der Waals surface area contributed by atoms with Crippen molar-refractivity contribution in [2.45, 2.75) is 56.7 Å². The lowest BCUT2D eigenvalue weighted by Crippen LogP contribution is -2.33. The van der Waals surface area contributed by atoms with E-state index in [0.29, 0.717) is 10.8 Å². The number of benzene rings is 1. The molecular weight excluding hydrogens is 370 g/mol. The smallest absolute Gasteiger partial charge is 0.254 e.